The van der Waals surface area contributed by atoms with Crippen LogP contribution in [0.3, 0.4) is 0 Å². The lowest BCUT2D eigenvalue weighted by molar-refractivity contribution is -0.162. The van der Waals surface area contributed by atoms with Crippen molar-refractivity contribution in [2.45, 2.75) is 12.4 Å². The van der Waals surface area contributed by atoms with Gasteiger partial charge < -0.3 is 0 Å². The first kappa shape index (κ1) is 12.5. The van der Waals surface area contributed by atoms with Crippen LogP contribution >= 0.6 is 0 Å². The number of carbonyl (C=O) groups excluding carboxylic acids is 1. The topological polar surface area (TPSA) is 17.1 Å². The minimum atomic E-state index is -5.22. The number of rotatable bonds is 1. The average molecular weight is 242 g/mol. The molecule has 88 valence electrons. The van der Waals surface area contributed by atoms with Crippen molar-refractivity contribution in [3.8, 4) is 0 Å². The third kappa shape index (κ3) is 2.34. The Bertz CT molecular complexity index is 403. The molecular weight excluding hydrogens is 238 g/mol. The first-order valence-electron chi connectivity index (χ1n) is 3.90. The van der Waals surface area contributed by atoms with E-state index in [9.17, 15) is 31.1 Å². The highest BCUT2D eigenvalue weighted by Gasteiger charge is 2.44. The van der Waals surface area contributed by atoms with Crippen molar-refractivity contribution in [3.05, 3.63) is 34.9 Å². The molecule has 0 atom stereocenters. The van der Waals surface area contributed by atoms with Gasteiger partial charge in [0.2, 0.25) is 0 Å². The number of carbonyl (C=O) groups is 1. The van der Waals surface area contributed by atoms with Gasteiger partial charge in [0, 0.05) is 5.56 Å². The Balaban J connectivity index is 3.57. The molecule has 0 N–H and O–H groups in total. The molecule has 1 aromatic rings. The molecule has 0 spiro atoms. The summed E-state index contributed by atoms with van der Waals surface area (Å²) in [6, 6.07) is 1.72. The van der Waals surface area contributed by atoms with Gasteiger partial charge in [-0.1, -0.05) is 12.1 Å². The van der Waals surface area contributed by atoms with Crippen LogP contribution in [0.2, 0.25) is 0 Å². The predicted octanol–water partition coefficient (Wildman–Crippen LogP) is 3.54. The highest BCUT2D eigenvalue weighted by atomic mass is 19.4. The van der Waals surface area contributed by atoms with Gasteiger partial charge in [-0.05, 0) is 6.07 Å². The van der Waals surface area contributed by atoms with E-state index in [4.69, 9.17) is 0 Å². The second-order valence-electron chi connectivity index (χ2n) is 2.88. The van der Waals surface area contributed by atoms with Crippen molar-refractivity contribution in [2.24, 2.45) is 0 Å². The van der Waals surface area contributed by atoms with E-state index in [0.29, 0.717) is 6.07 Å². The summed E-state index contributed by atoms with van der Waals surface area (Å²) in [5.74, 6) is 0. The Kier molecular flexibility index (Phi) is 2.98. The fourth-order valence-corrected chi connectivity index (χ4v) is 1.22. The van der Waals surface area contributed by atoms with E-state index in [1.807, 2.05) is 0 Å². The number of benzene rings is 1. The Morgan fingerprint density at radius 1 is 0.938 bits per heavy atom. The van der Waals surface area contributed by atoms with E-state index in [2.05, 4.69) is 0 Å². The lowest BCUT2D eigenvalue weighted by Gasteiger charge is -2.16. The van der Waals surface area contributed by atoms with Gasteiger partial charge in [-0.25, -0.2) is 0 Å². The summed E-state index contributed by atoms with van der Waals surface area (Å²) in [4.78, 5) is 10.3. The lowest BCUT2D eigenvalue weighted by Crippen LogP contribution is -2.18. The summed E-state index contributed by atoms with van der Waals surface area (Å²) in [7, 11) is 0. The van der Waals surface area contributed by atoms with Gasteiger partial charge in [0.15, 0.2) is 6.29 Å². The zero-order valence-electron chi connectivity index (χ0n) is 7.49. The molecule has 0 saturated carbocycles. The molecular formula is C9H4F6O. The SMILES string of the molecule is O=Cc1cccc(C(F)(F)F)c1C(F)(F)F. The fraction of sp³-hybridized carbons (Fsp3) is 0.222. The average Bonchev–Trinajstić information content (AvgIpc) is 2.13. The largest absolute Gasteiger partial charge is 0.417 e. The maximum atomic E-state index is 12.4. The number of halogens is 6. The van der Waals surface area contributed by atoms with Gasteiger partial charge >= 0.3 is 12.4 Å². The minimum absolute atomic E-state index is 0.252. The van der Waals surface area contributed by atoms with Crippen molar-refractivity contribution < 1.29 is 31.1 Å². The van der Waals surface area contributed by atoms with Gasteiger partial charge in [0.05, 0.1) is 11.1 Å². The number of hydrogen-bond donors (Lipinski definition) is 0. The van der Waals surface area contributed by atoms with Crippen LogP contribution in [-0.2, 0) is 12.4 Å². The third-order valence-corrected chi connectivity index (χ3v) is 1.81. The molecule has 0 bridgehead atoms. The van der Waals surface area contributed by atoms with Crippen molar-refractivity contribution in [1.82, 2.24) is 0 Å². The first-order chi connectivity index (χ1) is 7.18. The molecule has 0 saturated heterocycles. The highest BCUT2D eigenvalue weighted by Crippen LogP contribution is 2.41. The van der Waals surface area contributed by atoms with Crippen LogP contribution in [0, 0.1) is 0 Å². The first-order valence-corrected chi connectivity index (χ1v) is 3.90. The van der Waals surface area contributed by atoms with E-state index < -0.39 is 29.0 Å². The molecule has 0 aliphatic rings. The molecule has 0 radical (unpaired) electrons. The Morgan fingerprint density at radius 3 is 1.88 bits per heavy atom. The van der Waals surface area contributed by atoms with Crippen LogP contribution in [0.5, 0.6) is 0 Å². The Hall–Kier alpha value is -1.53. The fourth-order valence-electron chi connectivity index (χ4n) is 1.22. The molecule has 0 aromatic heterocycles. The van der Waals surface area contributed by atoms with Crippen molar-refractivity contribution >= 4 is 6.29 Å². The monoisotopic (exact) mass is 242 g/mol. The van der Waals surface area contributed by atoms with Gasteiger partial charge in [0.25, 0.3) is 0 Å². The smallest absolute Gasteiger partial charge is 0.298 e. The molecule has 7 heteroatoms. The van der Waals surface area contributed by atoms with E-state index in [1.165, 1.54) is 0 Å². The van der Waals surface area contributed by atoms with Crippen molar-refractivity contribution in [1.29, 1.82) is 0 Å². The Labute approximate surface area is 85.7 Å². The molecule has 0 aliphatic heterocycles. The maximum absolute atomic E-state index is 12.4. The summed E-state index contributed by atoms with van der Waals surface area (Å²) < 4.78 is 73.9. The summed E-state index contributed by atoms with van der Waals surface area (Å²) >= 11 is 0. The normalized spacial score (nSPS) is 12.6. The molecule has 0 amide bonds. The van der Waals surface area contributed by atoms with E-state index in [0.717, 1.165) is 6.07 Å². The zero-order valence-corrected chi connectivity index (χ0v) is 7.49. The summed E-state index contributed by atoms with van der Waals surface area (Å²) in [6.45, 7) is 0. The molecule has 16 heavy (non-hydrogen) atoms. The number of hydrogen-bond acceptors (Lipinski definition) is 1. The molecule has 1 aromatic carbocycles. The van der Waals surface area contributed by atoms with Crippen LogP contribution in [0.15, 0.2) is 18.2 Å². The van der Waals surface area contributed by atoms with Crippen LogP contribution in [0.1, 0.15) is 21.5 Å². The van der Waals surface area contributed by atoms with E-state index in [1.54, 1.807) is 0 Å². The molecule has 0 heterocycles. The molecule has 0 aliphatic carbocycles. The van der Waals surface area contributed by atoms with Crippen molar-refractivity contribution in [3.63, 3.8) is 0 Å². The van der Waals surface area contributed by atoms with E-state index in [-0.39, 0.29) is 12.4 Å². The number of aldehydes is 1. The summed E-state index contributed by atoms with van der Waals surface area (Å²) in [5, 5.41) is 0. The molecule has 0 unspecified atom stereocenters. The second kappa shape index (κ2) is 3.80. The quantitative estimate of drug-likeness (QED) is 0.543. The van der Waals surface area contributed by atoms with Crippen molar-refractivity contribution in [2.75, 3.05) is 0 Å². The molecule has 1 rings (SSSR count). The van der Waals surface area contributed by atoms with Crippen LogP contribution in [0.4, 0.5) is 26.3 Å². The third-order valence-electron chi connectivity index (χ3n) is 1.81. The number of alkyl halides is 6. The molecule has 1 nitrogen and oxygen atoms in total. The van der Waals surface area contributed by atoms with Crippen LogP contribution in [0.25, 0.3) is 0 Å². The zero-order chi connectivity index (χ0) is 12.6. The standard InChI is InChI=1S/C9H4F6O/c10-8(11,12)6-3-1-2-5(4-16)7(6)9(13,14)15/h1-4H. The lowest BCUT2D eigenvalue weighted by atomic mass is 10.0. The summed E-state index contributed by atoms with van der Waals surface area (Å²) in [6.07, 6.45) is -10.6. The van der Waals surface area contributed by atoms with Gasteiger partial charge in [0.1, 0.15) is 0 Å². The van der Waals surface area contributed by atoms with E-state index >= 15 is 0 Å². The van der Waals surface area contributed by atoms with Crippen LogP contribution in [-0.4, -0.2) is 6.29 Å². The maximum Gasteiger partial charge on any atom is 0.417 e. The van der Waals surface area contributed by atoms with Gasteiger partial charge in [-0.3, -0.25) is 4.79 Å². The highest BCUT2D eigenvalue weighted by molar-refractivity contribution is 5.78. The summed E-state index contributed by atoms with van der Waals surface area (Å²) in [5.41, 5.74) is -4.83. The predicted molar refractivity (Wildman–Crippen MR) is 41.8 cm³/mol. The van der Waals surface area contributed by atoms with Gasteiger partial charge in [-0.2, -0.15) is 26.3 Å². The Morgan fingerprint density at radius 2 is 1.50 bits per heavy atom. The minimum Gasteiger partial charge on any atom is -0.298 e. The molecule has 0 fully saturated rings. The van der Waals surface area contributed by atoms with Crippen LogP contribution < -0.4 is 0 Å². The second-order valence-corrected chi connectivity index (χ2v) is 2.88. The van der Waals surface area contributed by atoms with Gasteiger partial charge in [-0.15, -0.1) is 0 Å².